The summed E-state index contributed by atoms with van der Waals surface area (Å²) in [6, 6.07) is 14.4. The second kappa shape index (κ2) is 11.8. The lowest BCUT2D eigenvalue weighted by Crippen LogP contribution is -2.17. The Morgan fingerprint density at radius 3 is 2.31 bits per heavy atom. The number of halogens is 1. The van der Waals surface area contributed by atoms with Crippen LogP contribution in [0.5, 0.6) is 23.0 Å². The number of carboxylic acid groups (broad SMARTS) is 1. The molecule has 0 saturated carbocycles. The summed E-state index contributed by atoms with van der Waals surface area (Å²) >= 11 is 6.39. The first kappa shape index (κ1) is 25.4. The molecule has 2 N–H and O–H groups in total. The number of ether oxygens (including phenoxy) is 4. The highest BCUT2D eigenvalue weighted by Gasteiger charge is 2.13. The Balaban J connectivity index is 1.71. The zero-order chi connectivity index (χ0) is 25.4. The monoisotopic (exact) mass is 498 g/mol. The maximum absolute atomic E-state index is 12.5. The summed E-state index contributed by atoms with van der Waals surface area (Å²) in [6.07, 6.45) is 1.41. The van der Waals surface area contributed by atoms with Crippen molar-refractivity contribution in [3.05, 3.63) is 81.9 Å². The Bertz CT molecular complexity index is 1240. The normalized spacial score (nSPS) is 10.6. The van der Waals surface area contributed by atoms with Gasteiger partial charge in [-0.3, -0.25) is 4.79 Å². The van der Waals surface area contributed by atoms with E-state index >= 15 is 0 Å². The maximum Gasteiger partial charge on any atom is 0.335 e. The van der Waals surface area contributed by atoms with Gasteiger partial charge in [-0.05, 0) is 47.5 Å². The number of benzene rings is 3. The van der Waals surface area contributed by atoms with E-state index in [2.05, 4.69) is 10.5 Å². The van der Waals surface area contributed by atoms with E-state index in [4.69, 9.17) is 35.7 Å². The van der Waals surface area contributed by atoms with Crippen molar-refractivity contribution in [2.75, 3.05) is 21.3 Å². The zero-order valence-electron chi connectivity index (χ0n) is 19.2. The number of rotatable bonds is 10. The van der Waals surface area contributed by atoms with Crippen LogP contribution in [0.2, 0.25) is 5.02 Å². The van der Waals surface area contributed by atoms with E-state index in [-0.39, 0.29) is 17.2 Å². The molecule has 9 nitrogen and oxygen atoms in total. The summed E-state index contributed by atoms with van der Waals surface area (Å²) in [5.74, 6) is 0.0982. The van der Waals surface area contributed by atoms with Crippen LogP contribution in [0.4, 0.5) is 0 Å². The van der Waals surface area contributed by atoms with Crippen LogP contribution in [-0.4, -0.2) is 44.5 Å². The third-order valence-electron chi connectivity index (χ3n) is 4.80. The van der Waals surface area contributed by atoms with Gasteiger partial charge in [-0.2, -0.15) is 5.10 Å². The molecule has 0 bridgehead atoms. The number of hydrogen-bond acceptors (Lipinski definition) is 7. The number of nitrogens with one attached hydrogen (secondary N) is 1. The van der Waals surface area contributed by atoms with E-state index in [0.29, 0.717) is 39.7 Å². The van der Waals surface area contributed by atoms with Gasteiger partial charge in [0.1, 0.15) is 18.1 Å². The Morgan fingerprint density at radius 1 is 0.971 bits per heavy atom. The van der Waals surface area contributed by atoms with E-state index < -0.39 is 11.9 Å². The summed E-state index contributed by atoms with van der Waals surface area (Å²) in [7, 11) is 4.45. The highest BCUT2D eigenvalue weighted by Crippen LogP contribution is 2.36. The molecule has 3 aromatic carbocycles. The van der Waals surface area contributed by atoms with Crippen molar-refractivity contribution in [2.45, 2.75) is 6.61 Å². The standard InChI is InChI=1S/C25H23ClN2O7/c1-32-19-10-18(11-20(12-19)33-2)24(29)28-27-13-16-8-21(26)23(22(9-16)34-3)35-14-15-5-4-6-17(7-15)25(30)31/h4-13H,14H2,1-3H3,(H,28,29)(H,30,31). The summed E-state index contributed by atoms with van der Waals surface area (Å²) < 4.78 is 21.5. The fourth-order valence-corrected chi connectivity index (χ4v) is 3.35. The smallest absolute Gasteiger partial charge is 0.335 e. The first-order chi connectivity index (χ1) is 16.8. The minimum absolute atomic E-state index is 0.0880. The molecule has 0 heterocycles. The molecule has 0 fully saturated rings. The molecule has 0 aliphatic heterocycles. The van der Waals surface area contributed by atoms with E-state index in [1.807, 2.05) is 0 Å². The van der Waals surface area contributed by atoms with E-state index in [1.165, 1.54) is 39.7 Å². The predicted molar refractivity (Wildman–Crippen MR) is 130 cm³/mol. The number of carboxylic acids is 1. The van der Waals surface area contributed by atoms with Gasteiger partial charge in [0.2, 0.25) is 0 Å². The van der Waals surface area contributed by atoms with Crippen molar-refractivity contribution in [3.63, 3.8) is 0 Å². The van der Waals surface area contributed by atoms with Crippen LogP contribution in [0.1, 0.15) is 31.8 Å². The highest BCUT2D eigenvalue weighted by atomic mass is 35.5. The number of methoxy groups -OCH3 is 3. The third-order valence-corrected chi connectivity index (χ3v) is 5.08. The molecule has 35 heavy (non-hydrogen) atoms. The molecule has 1 amide bonds. The second-order valence-electron chi connectivity index (χ2n) is 7.13. The van der Waals surface area contributed by atoms with Gasteiger partial charge in [-0.1, -0.05) is 23.7 Å². The number of hydrogen-bond donors (Lipinski definition) is 2. The summed E-state index contributed by atoms with van der Waals surface area (Å²) in [5, 5.41) is 13.4. The third kappa shape index (κ3) is 6.64. The number of hydrazone groups is 1. The summed E-state index contributed by atoms with van der Waals surface area (Å²) in [5.41, 5.74) is 4.12. The van der Waals surface area contributed by atoms with Crippen molar-refractivity contribution < 1.29 is 33.6 Å². The van der Waals surface area contributed by atoms with Crippen molar-refractivity contribution >= 4 is 29.7 Å². The van der Waals surface area contributed by atoms with Gasteiger partial charge >= 0.3 is 5.97 Å². The molecule has 3 aromatic rings. The van der Waals surface area contributed by atoms with Crippen molar-refractivity contribution in [2.24, 2.45) is 5.10 Å². The van der Waals surface area contributed by atoms with Gasteiger partial charge in [0, 0.05) is 11.6 Å². The molecule has 182 valence electrons. The quantitative estimate of drug-likeness (QED) is 0.314. The molecule has 0 spiro atoms. The molecule has 0 aliphatic rings. The molecule has 0 atom stereocenters. The van der Waals surface area contributed by atoms with Crippen LogP contribution in [0, 0.1) is 0 Å². The van der Waals surface area contributed by atoms with Gasteiger partial charge in [-0.25, -0.2) is 10.2 Å². The maximum atomic E-state index is 12.5. The average molecular weight is 499 g/mol. The van der Waals surface area contributed by atoms with Gasteiger partial charge < -0.3 is 24.1 Å². The fourth-order valence-electron chi connectivity index (χ4n) is 3.07. The van der Waals surface area contributed by atoms with Crippen LogP contribution in [0.3, 0.4) is 0 Å². The van der Waals surface area contributed by atoms with Crippen LogP contribution >= 0.6 is 11.6 Å². The Kier molecular flexibility index (Phi) is 8.53. The first-order valence-corrected chi connectivity index (χ1v) is 10.6. The Hall–Kier alpha value is -4.24. The molecule has 3 rings (SSSR count). The highest BCUT2D eigenvalue weighted by molar-refractivity contribution is 6.32. The Morgan fingerprint density at radius 2 is 1.69 bits per heavy atom. The lowest BCUT2D eigenvalue weighted by molar-refractivity contribution is 0.0696. The molecule has 10 heteroatoms. The van der Waals surface area contributed by atoms with E-state index in [0.717, 1.165) is 0 Å². The summed E-state index contributed by atoms with van der Waals surface area (Å²) in [4.78, 5) is 23.6. The van der Waals surface area contributed by atoms with Crippen molar-refractivity contribution in [1.29, 1.82) is 0 Å². The van der Waals surface area contributed by atoms with Gasteiger partial charge in [0.15, 0.2) is 11.5 Å². The average Bonchev–Trinajstić information content (AvgIpc) is 2.87. The largest absolute Gasteiger partial charge is 0.497 e. The van der Waals surface area contributed by atoms with E-state index in [1.54, 1.807) is 42.5 Å². The number of nitrogens with zero attached hydrogens (tertiary/aromatic N) is 1. The Labute approximate surface area is 206 Å². The van der Waals surface area contributed by atoms with E-state index in [9.17, 15) is 9.59 Å². The fraction of sp³-hybridized carbons (Fsp3) is 0.160. The van der Waals surface area contributed by atoms with Gasteiger partial charge in [0.25, 0.3) is 5.91 Å². The molecular formula is C25H23ClN2O7. The molecule has 0 aromatic heterocycles. The molecular weight excluding hydrogens is 476 g/mol. The van der Waals surface area contributed by atoms with Gasteiger partial charge in [-0.15, -0.1) is 0 Å². The predicted octanol–water partition coefficient (Wildman–Crippen LogP) is 4.41. The molecule has 0 unspecified atom stereocenters. The van der Waals surface area contributed by atoms with Crippen LogP contribution in [-0.2, 0) is 6.61 Å². The van der Waals surface area contributed by atoms with Crippen molar-refractivity contribution in [1.82, 2.24) is 5.43 Å². The minimum Gasteiger partial charge on any atom is -0.497 e. The number of aromatic carboxylic acids is 1. The van der Waals surface area contributed by atoms with Gasteiger partial charge in [0.05, 0.1) is 38.1 Å². The minimum atomic E-state index is -1.02. The number of carbonyl (C=O) groups is 2. The van der Waals surface area contributed by atoms with Crippen molar-refractivity contribution in [3.8, 4) is 23.0 Å². The molecule has 0 aliphatic carbocycles. The SMILES string of the molecule is COc1cc(OC)cc(C(=O)NN=Cc2cc(Cl)c(OCc3cccc(C(=O)O)c3)c(OC)c2)c1. The first-order valence-electron chi connectivity index (χ1n) is 10.2. The molecule has 0 saturated heterocycles. The van der Waals surface area contributed by atoms with Crippen LogP contribution < -0.4 is 24.4 Å². The second-order valence-corrected chi connectivity index (χ2v) is 7.54. The van der Waals surface area contributed by atoms with Crippen LogP contribution in [0.15, 0.2) is 59.7 Å². The van der Waals surface area contributed by atoms with Crippen LogP contribution in [0.25, 0.3) is 0 Å². The molecule has 0 radical (unpaired) electrons. The summed E-state index contributed by atoms with van der Waals surface area (Å²) in [6.45, 7) is 0.0880. The lowest BCUT2D eigenvalue weighted by Gasteiger charge is -2.13. The zero-order valence-corrected chi connectivity index (χ0v) is 20.0. The topological polar surface area (TPSA) is 116 Å². The number of amides is 1. The lowest BCUT2D eigenvalue weighted by atomic mass is 10.1. The number of carbonyl (C=O) groups excluding carboxylic acids is 1.